The molecule has 0 unspecified atom stereocenters. The number of nitrogens with one attached hydrogen (secondary N) is 1. The van der Waals surface area contributed by atoms with Crippen LogP contribution in [-0.4, -0.2) is 73.9 Å². The number of piperidine rings is 1. The van der Waals surface area contributed by atoms with E-state index in [1.54, 1.807) is 6.07 Å². The number of methoxy groups -OCH3 is 1. The van der Waals surface area contributed by atoms with E-state index in [1.165, 1.54) is 60.0 Å². The molecule has 1 N–H and O–H groups in total. The topological polar surface area (TPSA) is 130 Å². The lowest BCUT2D eigenvalue weighted by Crippen LogP contribution is -2.44. The van der Waals surface area contributed by atoms with Gasteiger partial charge < -0.3 is 10.1 Å². The lowest BCUT2D eigenvalue weighted by Gasteiger charge is -2.31. The van der Waals surface area contributed by atoms with Crippen LogP contribution in [0.1, 0.15) is 28.8 Å². The lowest BCUT2D eigenvalue weighted by atomic mass is 9.97. The first-order chi connectivity index (χ1) is 18.6. The number of carbonyl (C=O) groups excluding carboxylic acids is 4. The number of ether oxygens (including phenoxy) is 1. The van der Waals surface area contributed by atoms with E-state index in [4.69, 9.17) is 4.74 Å². The Balaban J connectivity index is 1.29. The molecule has 39 heavy (non-hydrogen) atoms. The van der Waals surface area contributed by atoms with Crippen LogP contribution in [0.15, 0.2) is 58.3 Å². The van der Waals surface area contributed by atoms with Gasteiger partial charge in [-0.2, -0.15) is 4.31 Å². The zero-order valence-electron chi connectivity index (χ0n) is 21.0. The summed E-state index contributed by atoms with van der Waals surface area (Å²) in [6.45, 7) is 0.209. The first-order valence-corrected chi connectivity index (χ1v) is 14.3. The van der Waals surface area contributed by atoms with E-state index in [2.05, 4.69) is 5.32 Å². The Kier molecular flexibility index (Phi) is 8.83. The van der Waals surface area contributed by atoms with Gasteiger partial charge in [0.25, 0.3) is 11.1 Å². The molecule has 10 nitrogen and oxygen atoms in total. The van der Waals surface area contributed by atoms with Crippen LogP contribution in [0.2, 0.25) is 0 Å². The van der Waals surface area contributed by atoms with Gasteiger partial charge in [-0.1, -0.05) is 24.3 Å². The third-order valence-corrected chi connectivity index (χ3v) is 9.28. The summed E-state index contributed by atoms with van der Waals surface area (Å²) in [7, 11) is -2.80. The summed E-state index contributed by atoms with van der Waals surface area (Å²) >= 11 is 0.773. The fourth-order valence-electron chi connectivity index (χ4n) is 4.31. The van der Waals surface area contributed by atoms with Gasteiger partial charge in [-0.25, -0.2) is 17.6 Å². The zero-order chi connectivity index (χ0) is 28.2. The molecule has 2 saturated heterocycles. The van der Waals surface area contributed by atoms with Crippen molar-refractivity contribution in [3.05, 3.63) is 70.4 Å². The second-order valence-electron chi connectivity index (χ2n) is 8.84. The molecule has 2 aromatic carbocycles. The van der Waals surface area contributed by atoms with Gasteiger partial charge in [-0.05, 0) is 60.5 Å². The fraction of sp³-hybridized carbons (Fsp3) is 0.308. The number of rotatable bonds is 8. The summed E-state index contributed by atoms with van der Waals surface area (Å²) in [5.74, 6) is -2.40. The Morgan fingerprint density at radius 3 is 2.44 bits per heavy atom. The Labute approximate surface area is 229 Å². The van der Waals surface area contributed by atoms with Crippen molar-refractivity contribution in [2.45, 2.75) is 17.7 Å². The molecule has 0 spiro atoms. The van der Waals surface area contributed by atoms with Crippen molar-refractivity contribution in [2.75, 3.05) is 33.3 Å². The Hall–Kier alpha value is -3.55. The first-order valence-electron chi connectivity index (χ1n) is 12.1. The van der Waals surface area contributed by atoms with E-state index >= 15 is 0 Å². The molecule has 206 valence electrons. The predicted molar refractivity (Wildman–Crippen MR) is 141 cm³/mol. The number of thioether (sulfide) groups is 1. The molecule has 0 saturated carbocycles. The van der Waals surface area contributed by atoms with Gasteiger partial charge in [0, 0.05) is 32.1 Å². The molecule has 2 fully saturated rings. The van der Waals surface area contributed by atoms with Crippen LogP contribution in [0.25, 0.3) is 6.08 Å². The van der Waals surface area contributed by atoms with Crippen LogP contribution in [0.4, 0.5) is 9.18 Å². The second-order valence-corrected chi connectivity index (χ2v) is 11.7. The number of amides is 3. The number of carbonyl (C=O) groups is 4. The molecule has 2 aromatic rings. The van der Waals surface area contributed by atoms with Gasteiger partial charge in [0.05, 0.1) is 22.5 Å². The minimum atomic E-state index is -3.97. The largest absolute Gasteiger partial charge is 0.465 e. The van der Waals surface area contributed by atoms with Crippen LogP contribution < -0.4 is 5.32 Å². The average molecular weight is 576 g/mol. The van der Waals surface area contributed by atoms with Crippen LogP contribution in [0.5, 0.6) is 0 Å². The number of sulfonamides is 1. The number of imide groups is 1. The highest BCUT2D eigenvalue weighted by Crippen LogP contribution is 2.32. The standard InChI is InChI=1S/C26H26FN3O7S2/c1-37-25(33)20-4-2-3-5-22(20)39(35,36)29-13-10-18(11-14-29)23(31)28-12-15-30-24(32)21(38-26(30)34)16-17-6-8-19(27)9-7-17/h2-9,16,18H,10-15H2,1H3,(H,28,31). The molecule has 3 amide bonds. The third-order valence-electron chi connectivity index (χ3n) is 6.41. The number of halogens is 1. The molecule has 2 heterocycles. The number of esters is 1. The Morgan fingerprint density at radius 1 is 1.10 bits per heavy atom. The maximum Gasteiger partial charge on any atom is 0.339 e. The van der Waals surface area contributed by atoms with Crippen LogP contribution in [-0.2, 0) is 24.3 Å². The summed E-state index contributed by atoms with van der Waals surface area (Å²) in [6, 6.07) is 11.3. The zero-order valence-corrected chi connectivity index (χ0v) is 22.6. The molecular weight excluding hydrogens is 549 g/mol. The minimum absolute atomic E-state index is 0.0191. The van der Waals surface area contributed by atoms with Gasteiger partial charge in [0.1, 0.15) is 5.82 Å². The molecule has 4 rings (SSSR count). The minimum Gasteiger partial charge on any atom is -0.465 e. The summed E-state index contributed by atoms with van der Waals surface area (Å²) in [4.78, 5) is 50.8. The van der Waals surface area contributed by atoms with Gasteiger partial charge in [0.15, 0.2) is 0 Å². The summed E-state index contributed by atoms with van der Waals surface area (Å²) in [5.41, 5.74) is 0.525. The number of hydrogen-bond donors (Lipinski definition) is 1. The van der Waals surface area contributed by atoms with Crippen molar-refractivity contribution in [3.63, 3.8) is 0 Å². The van der Waals surface area contributed by atoms with Crippen molar-refractivity contribution in [1.82, 2.24) is 14.5 Å². The summed E-state index contributed by atoms with van der Waals surface area (Å²) in [5, 5.41) is 2.26. The van der Waals surface area contributed by atoms with E-state index in [0.29, 0.717) is 5.56 Å². The Morgan fingerprint density at radius 2 is 1.77 bits per heavy atom. The van der Waals surface area contributed by atoms with Crippen LogP contribution in [0.3, 0.4) is 0 Å². The molecule has 0 bridgehead atoms. The van der Waals surface area contributed by atoms with Crippen molar-refractivity contribution in [1.29, 1.82) is 0 Å². The monoisotopic (exact) mass is 575 g/mol. The van der Waals surface area contributed by atoms with E-state index in [0.717, 1.165) is 16.7 Å². The van der Waals surface area contributed by atoms with E-state index < -0.39 is 38.9 Å². The molecule has 0 atom stereocenters. The first kappa shape index (κ1) is 28.5. The van der Waals surface area contributed by atoms with Crippen LogP contribution in [0, 0.1) is 11.7 Å². The van der Waals surface area contributed by atoms with Crippen molar-refractivity contribution >= 4 is 50.9 Å². The highest BCUT2D eigenvalue weighted by molar-refractivity contribution is 8.18. The Bertz CT molecular complexity index is 1420. The number of benzene rings is 2. The molecule has 0 radical (unpaired) electrons. The van der Waals surface area contributed by atoms with E-state index in [1.807, 2.05) is 0 Å². The SMILES string of the molecule is COC(=O)c1ccccc1S(=O)(=O)N1CCC(C(=O)NCCN2C(=O)SC(=Cc3ccc(F)cc3)C2=O)CC1. The molecule has 2 aliphatic heterocycles. The summed E-state index contributed by atoms with van der Waals surface area (Å²) in [6.07, 6.45) is 2.05. The van der Waals surface area contributed by atoms with Crippen molar-refractivity contribution in [3.8, 4) is 0 Å². The number of hydrogen-bond acceptors (Lipinski definition) is 8. The molecule has 0 aromatic heterocycles. The fourth-order valence-corrected chi connectivity index (χ4v) is 6.82. The second kappa shape index (κ2) is 12.1. The smallest absolute Gasteiger partial charge is 0.339 e. The molecule has 13 heteroatoms. The highest BCUT2D eigenvalue weighted by Gasteiger charge is 2.36. The van der Waals surface area contributed by atoms with E-state index in [9.17, 15) is 32.0 Å². The molecule has 2 aliphatic rings. The highest BCUT2D eigenvalue weighted by atomic mass is 32.2. The average Bonchev–Trinajstić information content (AvgIpc) is 3.21. The maximum absolute atomic E-state index is 13.2. The lowest BCUT2D eigenvalue weighted by molar-refractivity contribution is -0.127. The number of nitrogens with zero attached hydrogens (tertiary/aromatic N) is 2. The van der Waals surface area contributed by atoms with Gasteiger partial charge in [-0.3, -0.25) is 19.3 Å². The van der Waals surface area contributed by atoms with Gasteiger partial charge in [0.2, 0.25) is 15.9 Å². The van der Waals surface area contributed by atoms with E-state index in [-0.39, 0.29) is 60.3 Å². The maximum atomic E-state index is 13.2. The van der Waals surface area contributed by atoms with Gasteiger partial charge in [-0.15, -0.1) is 0 Å². The van der Waals surface area contributed by atoms with Crippen molar-refractivity contribution in [2.24, 2.45) is 5.92 Å². The third kappa shape index (κ3) is 6.37. The molecular formula is C26H26FN3O7S2. The van der Waals surface area contributed by atoms with Gasteiger partial charge >= 0.3 is 5.97 Å². The normalized spacial score (nSPS) is 18.0. The quantitative estimate of drug-likeness (QED) is 0.376. The summed E-state index contributed by atoms with van der Waals surface area (Å²) < 4.78 is 45.4. The predicted octanol–water partition coefficient (Wildman–Crippen LogP) is 2.87. The molecule has 0 aliphatic carbocycles. The van der Waals surface area contributed by atoms with Crippen molar-refractivity contribution < 1.29 is 36.7 Å². The van der Waals surface area contributed by atoms with Crippen LogP contribution >= 0.6 is 11.8 Å².